The Morgan fingerprint density at radius 1 is 1.35 bits per heavy atom. The van der Waals surface area contributed by atoms with Crippen LogP contribution in [0.3, 0.4) is 0 Å². The lowest BCUT2D eigenvalue weighted by Gasteiger charge is -2.46. The van der Waals surface area contributed by atoms with Crippen molar-refractivity contribution in [3.05, 3.63) is 54.6 Å². The Bertz CT molecular complexity index is 503. The molecule has 0 aliphatic heterocycles. The van der Waals surface area contributed by atoms with E-state index in [1.165, 1.54) is 0 Å². The molecule has 1 aliphatic rings. The van der Waals surface area contributed by atoms with Gasteiger partial charge in [-0.3, -0.25) is 0 Å². The van der Waals surface area contributed by atoms with E-state index >= 15 is 0 Å². The summed E-state index contributed by atoms with van der Waals surface area (Å²) in [6.07, 6.45) is 3.31. The molecule has 0 aromatic heterocycles. The molecule has 0 amide bonds. The average Bonchev–Trinajstić information content (AvgIpc) is 2.42. The lowest BCUT2D eigenvalue weighted by atomic mass is 9.61. The standard InChI is InChI=1S/C18H24O2/c1-5-18(4)11-10-15(12(2)3)16(17(18)20)13-6-8-14(19)9-7-13/h5-9,15-17,19-20H,1-2,10-11H2,3-4H3/t15?,16-,17+,18+/m0/s1. The zero-order valence-corrected chi connectivity index (χ0v) is 12.3. The monoisotopic (exact) mass is 272 g/mol. The number of hydrogen-bond acceptors (Lipinski definition) is 2. The van der Waals surface area contributed by atoms with Crippen molar-refractivity contribution in [2.45, 2.75) is 38.7 Å². The molecule has 4 atom stereocenters. The summed E-state index contributed by atoms with van der Waals surface area (Å²) in [5.41, 5.74) is 1.89. The third kappa shape index (κ3) is 2.53. The normalized spacial score (nSPS) is 33.6. The van der Waals surface area contributed by atoms with Crippen LogP contribution >= 0.6 is 0 Å². The maximum Gasteiger partial charge on any atom is 0.115 e. The first kappa shape index (κ1) is 14.9. The van der Waals surface area contributed by atoms with Crippen molar-refractivity contribution in [1.29, 1.82) is 0 Å². The second-order valence-electron chi connectivity index (χ2n) is 6.26. The minimum atomic E-state index is -0.486. The summed E-state index contributed by atoms with van der Waals surface area (Å²) in [7, 11) is 0. The minimum absolute atomic E-state index is 0.00449. The number of hydrogen-bond donors (Lipinski definition) is 2. The number of allylic oxidation sites excluding steroid dienone is 1. The third-order valence-corrected chi connectivity index (χ3v) is 4.82. The number of benzene rings is 1. The van der Waals surface area contributed by atoms with E-state index in [0.717, 1.165) is 24.0 Å². The van der Waals surface area contributed by atoms with E-state index in [0.29, 0.717) is 0 Å². The molecule has 1 aliphatic carbocycles. The quantitative estimate of drug-likeness (QED) is 0.816. The van der Waals surface area contributed by atoms with Gasteiger partial charge in [-0.2, -0.15) is 0 Å². The molecule has 2 nitrogen and oxygen atoms in total. The summed E-state index contributed by atoms with van der Waals surface area (Å²) in [4.78, 5) is 0. The molecule has 2 heteroatoms. The zero-order valence-electron chi connectivity index (χ0n) is 12.3. The lowest BCUT2D eigenvalue weighted by Crippen LogP contribution is -2.43. The van der Waals surface area contributed by atoms with E-state index in [2.05, 4.69) is 20.1 Å². The van der Waals surface area contributed by atoms with Crippen molar-refractivity contribution in [2.75, 3.05) is 0 Å². The number of aromatic hydroxyl groups is 1. The molecule has 1 aromatic carbocycles. The molecular formula is C18H24O2. The molecule has 0 bridgehead atoms. The van der Waals surface area contributed by atoms with Gasteiger partial charge in [0.2, 0.25) is 0 Å². The van der Waals surface area contributed by atoms with E-state index in [1.54, 1.807) is 12.1 Å². The van der Waals surface area contributed by atoms with Crippen molar-refractivity contribution in [1.82, 2.24) is 0 Å². The number of aliphatic hydroxyl groups is 1. The predicted octanol–water partition coefficient (Wildman–Crippen LogP) is 4.02. The molecular weight excluding hydrogens is 248 g/mol. The van der Waals surface area contributed by atoms with Crippen molar-refractivity contribution in [3.63, 3.8) is 0 Å². The fourth-order valence-corrected chi connectivity index (χ4v) is 3.31. The van der Waals surface area contributed by atoms with Crippen LogP contribution < -0.4 is 0 Å². The number of phenolic OH excluding ortho intramolecular Hbond substituents is 1. The van der Waals surface area contributed by atoms with Crippen molar-refractivity contribution >= 4 is 0 Å². The van der Waals surface area contributed by atoms with Gasteiger partial charge in [0.25, 0.3) is 0 Å². The molecule has 0 heterocycles. The van der Waals surface area contributed by atoms with Crippen LogP contribution in [0.25, 0.3) is 0 Å². The van der Waals surface area contributed by atoms with Gasteiger partial charge in [0.1, 0.15) is 5.75 Å². The molecule has 1 saturated carbocycles. The van der Waals surface area contributed by atoms with E-state index in [-0.39, 0.29) is 23.0 Å². The van der Waals surface area contributed by atoms with Crippen LogP contribution in [-0.2, 0) is 0 Å². The molecule has 2 rings (SSSR count). The topological polar surface area (TPSA) is 40.5 Å². The van der Waals surface area contributed by atoms with Gasteiger partial charge in [0.05, 0.1) is 6.10 Å². The summed E-state index contributed by atoms with van der Waals surface area (Å²) >= 11 is 0. The highest BCUT2D eigenvalue weighted by Gasteiger charge is 2.44. The predicted molar refractivity (Wildman–Crippen MR) is 82.7 cm³/mol. The highest BCUT2D eigenvalue weighted by Crippen LogP contribution is 2.49. The van der Waals surface area contributed by atoms with Crippen LogP contribution in [0.1, 0.15) is 38.2 Å². The van der Waals surface area contributed by atoms with Crippen LogP contribution in [0.15, 0.2) is 49.1 Å². The molecule has 108 valence electrons. The first-order chi connectivity index (χ1) is 9.39. The first-order valence-corrected chi connectivity index (χ1v) is 7.15. The largest absolute Gasteiger partial charge is 0.508 e. The third-order valence-electron chi connectivity index (χ3n) is 4.82. The van der Waals surface area contributed by atoms with E-state index in [9.17, 15) is 10.2 Å². The summed E-state index contributed by atoms with van der Waals surface area (Å²) in [5.74, 6) is 0.518. The Morgan fingerprint density at radius 2 is 1.95 bits per heavy atom. The fourth-order valence-electron chi connectivity index (χ4n) is 3.31. The van der Waals surface area contributed by atoms with Crippen molar-refractivity contribution < 1.29 is 10.2 Å². The van der Waals surface area contributed by atoms with E-state index in [1.807, 2.05) is 25.1 Å². The maximum atomic E-state index is 10.9. The minimum Gasteiger partial charge on any atom is -0.508 e. The van der Waals surface area contributed by atoms with Gasteiger partial charge in [-0.25, -0.2) is 0 Å². The van der Waals surface area contributed by atoms with E-state index in [4.69, 9.17) is 0 Å². The fraction of sp³-hybridized carbons (Fsp3) is 0.444. The van der Waals surface area contributed by atoms with Gasteiger partial charge in [-0.1, -0.05) is 37.3 Å². The zero-order chi connectivity index (χ0) is 14.9. The van der Waals surface area contributed by atoms with Gasteiger partial charge in [0.15, 0.2) is 0 Å². The maximum absolute atomic E-state index is 10.9. The molecule has 0 radical (unpaired) electrons. The van der Waals surface area contributed by atoms with Gasteiger partial charge in [0, 0.05) is 11.3 Å². The molecule has 0 spiro atoms. The smallest absolute Gasteiger partial charge is 0.115 e. The van der Waals surface area contributed by atoms with Crippen molar-refractivity contribution in [3.8, 4) is 5.75 Å². The first-order valence-electron chi connectivity index (χ1n) is 7.15. The Morgan fingerprint density at radius 3 is 2.45 bits per heavy atom. The Balaban J connectivity index is 2.43. The number of phenols is 1. The van der Waals surface area contributed by atoms with E-state index < -0.39 is 6.10 Å². The lowest BCUT2D eigenvalue weighted by molar-refractivity contribution is -0.00432. The highest BCUT2D eigenvalue weighted by molar-refractivity contribution is 5.32. The second-order valence-corrected chi connectivity index (χ2v) is 6.26. The second kappa shape index (κ2) is 5.45. The molecule has 1 aromatic rings. The molecule has 20 heavy (non-hydrogen) atoms. The molecule has 1 unspecified atom stereocenters. The van der Waals surface area contributed by atoms with Crippen LogP contribution in [-0.4, -0.2) is 16.3 Å². The number of aliphatic hydroxyl groups excluding tert-OH is 1. The summed E-state index contributed by atoms with van der Waals surface area (Å²) < 4.78 is 0. The molecule has 1 fully saturated rings. The summed E-state index contributed by atoms with van der Waals surface area (Å²) in [5, 5.41) is 20.3. The van der Waals surface area contributed by atoms with Gasteiger partial charge < -0.3 is 10.2 Å². The Kier molecular flexibility index (Phi) is 4.05. The number of rotatable bonds is 3. The van der Waals surface area contributed by atoms with Crippen molar-refractivity contribution in [2.24, 2.45) is 11.3 Å². The summed E-state index contributed by atoms with van der Waals surface area (Å²) in [6.45, 7) is 12.1. The SMILES string of the molecule is C=C[C@]1(C)CCC(C(=C)C)[C@H](c2ccc(O)cc2)[C@H]1O. The van der Waals surface area contributed by atoms with Gasteiger partial charge in [-0.15, -0.1) is 6.58 Å². The molecule has 0 saturated heterocycles. The average molecular weight is 272 g/mol. The van der Waals surface area contributed by atoms with Gasteiger partial charge in [-0.05, 0) is 43.4 Å². The summed E-state index contributed by atoms with van der Waals surface area (Å²) in [6, 6.07) is 7.15. The van der Waals surface area contributed by atoms with Crippen LogP contribution in [0, 0.1) is 11.3 Å². The Hall–Kier alpha value is -1.54. The molecule has 2 N–H and O–H groups in total. The van der Waals surface area contributed by atoms with Gasteiger partial charge >= 0.3 is 0 Å². The Labute approximate surface area is 121 Å². The van der Waals surface area contributed by atoms with Crippen LogP contribution in [0.5, 0.6) is 5.75 Å². The van der Waals surface area contributed by atoms with Crippen LogP contribution in [0.2, 0.25) is 0 Å². The highest BCUT2D eigenvalue weighted by atomic mass is 16.3. The van der Waals surface area contributed by atoms with Crippen LogP contribution in [0.4, 0.5) is 0 Å².